The molecule has 0 heterocycles. The maximum atomic E-state index is 12.7. The number of ether oxygens (including phenoxy) is 2. The second kappa shape index (κ2) is 37.1. The first kappa shape index (κ1) is 52.5. The van der Waals surface area contributed by atoms with Crippen molar-refractivity contribution in [1.82, 2.24) is 0 Å². The summed E-state index contributed by atoms with van der Waals surface area (Å²) in [5.41, 5.74) is 0. The lowest BCUT2D eigenvalue weighted by Gasteiger charge is -2.28. The Bertz CT molecular complexity index is 980. The van der Waals surface area contributed by atoms with Crippen LogP contribution in [0.1, 0.15) is 194 Å². The summed E-state index contributed by atoms with van der Waals surface area (Å²) in [6, 6.07) is 0. The minimum atomic E-state index is -4.63. The molecule has 0 aromatic carbocycles. The molecule has 0 saturated carbocycles. The number of phosphoric acid groups is 1. The van der Waals surface area contributed by atoms with E-state index < -0.39 is 32.5 Å². The van der Waals surface area contributed by atoms with Crippen molar-refractivity contribution < 1.29 is 42.1 Å². The monoisotopic (exact) mass is 786 g/mol. The number of nitrogens with zero attached hydrogens (tertiary/aromatic N) is 1. The highest BCUT2D eigenvalue weighted by Gasteiger charge is 2.21. The second-order valence-electron chi connectivity index (χ2n) is 16.1. The predicted molar refractivity (Wildman–Crippen MR) is 222 cm³/mol. The van der Waals surface area contributed by atoms with Crippen LogP contribution in [-0.2, 0) is 32.7 Å². The number of quaternary nitrogens is 1. The lowest BCUT2D eigenvalue weighted by atomic mass is 10.1. The van der Waals surface area contributed by atoms with Crippen LogP contribution in [0.3, 0.4) is 0 Å². The molecule has 0 bridgehead atoms. The molecule has 9 nitrogen and oxygen atoms in total. The number of carbonyl (C=O) groups is 2. The molecular formula is C44H84NO8P. The molecule has 0 aromatic heterocycles. The van der Waals surface area contributed by atoms with E-state index in [0.29, 0.717) is 23.9 Å². The number of phosphoric ester groups is 1. The Balaban J connectivity index is 4.40. The van der Waals surface area contributed by atoms with Crippen molar-refractivity contribution in [1.29, 1.82) is 0 Å². The van der Waals surface area contributed by atoms with Crippen molar-refractivity contribution in [2.45, 2.75) is 200 Å². The van der Waals surface area contributed by atoms with E-state index in [1.54, 1.807) is 0 Å². The normalized spacial score (nSPS) is 13.8. The molecule has 0 radical (unpaired) electrons. The zero-order chi connectivity index (χ0) is 40.0. The first-order chi connectivity index (χ1) is 26.0. The van der Waals surface area contributed by atoms with Crippen LogP contribution in [0.4, 0.5) is 0 Å². The van der Waals surface area contributed by atoms with Crippen molar-refractivity contribution >= 4 is 19.8 Å². The van der Waals surface area contributed by atoms with E-state index >= 15 is 0 Å². The zero-order valence-electron chi connectivity index (χ0n) is 35.7. The van der Waals surface area contributed by atoms with Gasteiger partial charge in [-0.15, -0.1) is 0 Å². The zero-order valence-corrected chi connectivity index (χ0v) is 36.6. The third-order valence-electron chi connectivity index (χ3n) is 9.46. The van der Waals surface area contributed by atoms with Gasteiger partial charge >= 0.3 is 11.9 Å². The molecule has 0 N–H and O–H groups in total. The first-order valence-electron chi connectivity index (χ1n) is 22.0. The van der Waals surface area contributed by atoms with Crippen LogP contribution >= 0.6 is 7.82 Å². The molecule has 2 atom stereocenters. The van der Waals surface area contributed by atoms with Crippen LogP contribution in [-0.4, -0.2) is 70.0 Å². The quantitative estimate of drug-likeness (QED) is 0.0198. The number of unbranched alkanes of at least 4 members (excludes halogenated alkanes) is 22. The Hall–Kier alpha value is -1.51. The maximum absolute atomic E-state index is 12.7. The molecule has 54 heavy (non-hydrogen) atoms. The van der Waals surface area contributed by atoms with E-state index in [1.807, 2.05) is 27.2 Å². The van der Waals surface area contributed by atoms with Gasteiger partial charge < -0.3 is 27.9 Å². The van der Waals surface area contributed by atoms with Gasteiger partial charge in [0.2, 0.25) is 0 Å². The molecule has 0 aliphatic heterocycles. The first-order valence-corrected chi connectivity index (χ1v) is 23.5. The molecule has 0 spiro atoms. The number of allylic oxidation sites excluding steroid dienone is 4. The van der Waals surface area contributed by atoms with Crippen LogP contribution in [0, 0.1) is 0 Å². The van der Waals surface area contributed by atoms with Crippen LogP contribution in [0.5, 0.6) is 0 Å². The molecule has 0 amide bonds. The van der Waals surface area contributed by atoms with Crippen LogP contribution in [0.2, 0.25) is 0 Å². The van der Waals surface area contributed by atoms with Crippen LogP contribution < -0.4 is 4.89 Å². The molecule has 10 heteroatoms. The summed E-state index contributed by atoms with van der Waals surface area (Å²) >= 11 is 0. The summed E-state index contributed by atoms with van der Waals surface area (Å²) in [6.07, 6.45) is 39.3. The lowest BCUT2D eigenvalue weighted by molar-refractivity contribution is -0.870. The third-order valence-corrected chi connectivity index (χ3v) is 10.4. The standard InChI is InChI=1S/C44H84NO8P/c1-6-8-10-12-14-16-18-20-22-24-26-28-30-32-34-36-43(46)50-40-42(41-52-54(48,49)51-39-38-45(3,4)5)53-44(47)37-35-33-31-29-27-25-23-21-19-17-15-13-11-9-7-2/h21,23,30,32,42H,6-20,22,24-29,31,33-41H2,1-5H3/b23-21+,32-30+/t42-/m1/s1. The Morgan fingerprint density at radius 1 is 0.556 bits per heavy atom. The van der Waals surface area contributed by atoms with Gasteiger partial charge in [0, 0.05) is 12.8 Å². The second-order valence-corrected chi connectivity index (χ2v) is 17.5. The average molecular weight is 786 g/mol. The SMILES string of the molecule is CCCCCCCC/C=C/CCCCCCCC(=O)O[C@H](COC(=O)CC/C=C/CCCCCCCCCCCCC)COP(=O)([O-])OCC[N+](C)(C)C. The molecule has 0 aliphatic carbocycles. The highest BCUT2D eigenvalue weighted by atomic mass is 31.2. The summed E-state index contributed by atoms with van der Waals surface area (Å²) in [6.45, 7) is 4.18. The number of esters is 2. The van der Waals surface area contributed by atoms with Gasteiger partial charge in [0.15, 0.2) is 6.10 Å². The molecular weight excluding hydrogens is 701 g/mol. The van der Waals surface area contributed by atoms with E-state index in [9.17, 15) is 19.0 Å². The summed E-state index contributed by atoms with van der Waals surface area (Å²) in [5.74, 6) is -0.897. The lowest BCUT2D eigenvalue weighted by Crippen LogP contribution is -2.37. The van der Waals surface area contributed by atoms with Crippen molar-refractivity contribution in [3.8, 4) is 0 Å². The minimum Gasteiger partial charge on any atom is -0.756 e. The number of carbonyl (C=O) groups excluding carboxylic acids is 2. The third kappa shape index (κ3) is 40.2. The topological polar surface area (TPSA) is 111 Å². The van der Waals surface area contributed by atoms with E-state index in [1.165, 1.54) is 109 Å². The minimum absolute atomic E-state index is 0.0357. The highest BCUT2D eigenvalue weighted by Crippen LogP contribution is 2.38. The van der Waals surface area contributed by atoms with E-state index in [4.69, 9.17) is 18.5 Å². The number of likely N-dealkylation sites (N-methyl/N-ethyl adjacent to an activating group) is 1. The highest BCUT2D eigenvalue weighted by molar-refractivity contribution is 7.45. The van der Waals surface area contributed by atoms with E-state index in [0.717, 1.165) is 44.9 Å². The Kier molecular flexibility index (Phi) is 36.1. The van der Waals surface area contributed by atoms with Gasteiger partial charge in [-0.3, -0.25) is 14.2 Å². The van der Waals surface area contributed by atoms with E-state index in [-0.39, 0.29) is 26.1 Å². The van der Waals surface area contributed by atoms with Crippen molar-refractivity contribution in [2.75, 3.05) is 47.5 Å². The van der Waals surface area contributed by atoms with Crippen LogP contribution in [0.15, 0.2) is 24.3 Å². The Morgan fingerprint density at radius 3 is 1.44 bits per heavy atom. The summed E-state index contributed by atoms with van der Waals surface area (Å²) in [4.78, 5) is 37.5. The molecule has 0 aliphatic rings. The molecule has 0 saturated heterocycles. The van der Waals surface area contributed by atoms with Gasteiger partial charge in [-0.2, -0.15) is 0 Å². The van der Waals surface area contributed by atoms with E-state index in [2.05, 4.69) is 32.1 Å². The fraction of sp³-hybridized carbons (Fsp3) is 0.864. The van der Waals surface area contributed by atoms with Gasteiger partial charge in [-0.25, -0.2) is 0 Å². The molecule has 1 unspecified atom stereocenters. The Morgan fingerprint density at radius 2 is 0.981 bits per heavy atom. The number of hydrogen-bond acceptors (Lipinski definition) is 8. The largest absolute Gasteiger partial charge is 0.756 e. The van der Waals surface area contributed by atoms with Gasteiger partial charge in [0.25, 0.3) is 7.82 Å². The fourth-order valence-electron chi connectivity index (χ4n) is 5.96. The van der Waals surface area contributed by atoms with Crippen molar-refractivity contribution in [2.24, 2.45) is 0 Å². The summed E-state index contributed by atoms with van der Waals surface area (Å²) in [5, 5.41) is 0. The van der Waals surface area contributed by atoms with Crippen molar-refractivity contribution in [3.05, 3.63) is 24.3 Å². The molecule has 0 rings (SSSR count). The van der Waals surface area contributed by atoms with Gasteiger partial charge in [-0.05, 0) is 51.4 Å². The molecule has 0 aromatic rings. The molecule has 0 fully saturated rings. The Labute approximate surface area is 332 Å². The smallest absolute Gasteiger partial charge is 0.306 e. The number of hydrogen-bond donors (Lipinski definition) is 0. The van der Waals surface area contributed by atoms with Gasteiger partial charge in [0.1, 0.15) is 19.8 Å². The fourth-order valence-corrected chi connectivity index (χ4v) is 6.69. The predicted octanol–water partition coefficient (Wildman–Crippen LogP) is 11.7. The van der Waals surface area contributed by atoms with Crippen molar-refractivity contribution in [3.63, 3.8) is 0 Å². The maximum Gasteiger partial charge on any atom is 0.306 e. The summed E-state index contributed by atoms with van der Waals surface area (Å²) < 4.78 is 33.8. The van der Waals surface area contributed by atoms with Gasteiger partial charge in [0.05, 0.1) is 27.7 Å². The molecule has 318 valence electrons. The summed E-state index contributed by atoms with van der Waals surface area (Å²) in [7, 11) is 1.15. The van der Waals surface area contributed by atoms with Crippen LogP contribution in [0.25, 0.3) is 0 Å². The van der Waals surface area contributed by atoms with Gasteiger partial charge in [-0.1, -0.05) is 154 Å². The average Bonchev–Trinajstić information content (AvgIpc) is 3.12. The number of rotatable bonds is 40.